The number of fused-ring (bicyclic) bond motifs is 1. The molecular weight excluding hydrogens is 212 g/mol. The Morgan fingerprint density at radius 1 is 1.41 bits per heavy atom. The zero-order valence-corrected chi connectivity index (χ0v) is 10.1. The summed E-state index contributed by atoms with van der Waals surface area (Å²) in [5.41, 5.74) is 2.24. The Morgan fingerprint density at radius 2 is 2.29 bits per heavy atom. The summed E-state index contributed by atoms with van der Waals surface area (Å²) in [4.78, 5) is 2.37. The molecule has 90 valence electrons. The summed E-state index contributed by atoms with van der Waals surface area (Å²) in [6.45, 7) is 3.25. The summed E-state index contributed by atoms with van der Waals surface area (Å²) in [5, 5.41) is 4.83. The largest absolute Gasteiger partial charge is 0.464 e. The Balaban J connectivity index is 1.69. The molecule has 0 aliphatic carbocycles. The molecule has 1 aliphatic heterocycles. The van der Waals surface area contributed by atoms with Crippen LogP contribution in [0.2, 0.25) is 0 Å². The summed E-state index contributed by atoms with van der Waals surface area (Å²) >= 11 is 0. The van der Waals surface area contributed by atoms with Gasteiger partial charge in [0.05, 0.1) is 6.26 Å². The fraction of sp³-hybridized carbons (Fsp3) is 0.429. The van der Waals surface area contributed by atoms with Gasteiger partial charge in [-0.3, -0.25) is 0 Å². The quantitative estimate of drug-likeness (QED) is 0.876. The number of rotatable bonds is 3. The van der Waals surface area contributed by atoms with Crippen molar-refractivity contribution in [3.63, 3.8) is 0 Å². The third-order valence-electron chi connectivity index (χ3n) is 3.53. The van der Waals surface area contributed by atoms with Crippen molar-refractivity contribution in [3.8, 4) is 0 Å². The van der Waals surface area contributed by atoms with E-state index in [2.05, 4.69) is 29.4 Å². The number of nitrogens with zero attached hydrogens (tertiary/aromatic N) is 1. The molecule has 0 amide bonds. The van der Waals surface area contributed by atoms with Crippen LogP contribution in [0.25, 0.3) is 11.0 Å². The van der Waals surface area contributed by atoms with E-state index in [1.54, 1.807) is 0 Å². The molecule has 1 aromatic heterocycles. The van der Waals surface area contributed by atoms with Gasteiger partial charge in [-0.2, -0.15) is 0 Å². The standard InChI is InChI=1S/C14H18N2O/c1-16-7-6-12(9-16)15-8-11-10-17-14-5-3-2-4-13(11)14/h2-5,10,12,15H,6-9H2,1H3. The highest BCUT2D eigenvalue weighted by Gasteiger charge is 2.18. The van der Waals surface area contributed by atoms with Gasteiger partial charge in [0.25, 0.3) is 0 Å². The third kappa shape index (κ3) is 2.21. The van der Waals surface area contributed by atoms with Gasteiger partial charge in [0.1, 0.15) is 5.58 Å². The van der Waals surface area contributed by atoms with Gasteiger partial charge in [0.15, 0.2) is 0 Å². The molecular formula is C14H18N2O. The van der Waals surface area contributed by atoms with E-state index in [4.69, 9.17) is 4.42 Å². The van der Waals surface area contributed by atoms with Crippen molar-refractivity contribution < 1.29 is 4.42 Å². The fourth-order valence-corrected chi connectivity index (χ4v) is 2.53. The van der Waals surface area contributed by atoms with Crippen molar-refractivity contribution in [2.75, 3.05) is 20.1 Å². The Bertz CT molecular complexity index is 506. The molecule has 1 unspecified atom stereocenters. The average molecular weight is 230 g/mol. The molecule has 1 aliphatic rings. The van der Waals surface area contributed by atoms with Crippen LogP contribution >= 0.6 is 0 Å². The molecule has 1 fully saturated rings. The van der Waals surface area contributed by atoms with Crippen molar-refractivity contribution in [2.24, 2.45) is 0 Å². The molecule has 1 aromatic carbocycles. The number of para-hydroxylation sites is 1. The number of nitrogens with one attached hydrogen (secondary N) is 1. The smallest absolute Gasteiger partial charge is 0.134 e. The van der Waals surface area contributed by atoms with Crippen LogP contribution in [0.3, 0.4) is 0 Å². The SMILES string of the molecule is CN1CCC(NCc2coc3ccccc23)C1. The highest BCUT2D eigenvalue weighted by Crippen LogP contribution is 2.20. The molecule has 3 rings (SSSR count). The van der Waals surface area contributed by atoms with Gasteiger partial charge >= 0.3 is 0 Å². The minimum absolute atomic E-state index is 0.619. The number of likely N-dealkylation sites (tertiary alicyclic amines) is 1. The summed E-state index contributed by atoms with van der Waals surface area (Å²) in [5.74, 6) is 0. The Morgan fingerprint density at radius 3 is 3.12 bits per heavy atom. The van der Waals surface area contributed by atoms with E-state index in [9.17, 15) is 0 Å². The summed E-state index contributed by atoms with van der Waals surface area (Å²) in [6.07, 6.45) is 3.11. The first-order valence-corrected chi connectivity index (χ1v) is 6.20. The lowest BCUT2D eigenvalue weighted by atomic mass is 10.1. The second-order valence-corrected chi connectivity index (χ2v) is 4.89. The highest BCUT2D eigenvalue weighted by molar-refractivity contribution is 5.80. The number of likely N-dealkylation sites (N-methyl/N-ethyl adjacent to an activating group) is 1. The topological polar surface area (TPSA) is 28.4 Å². The van der Waals surface area contributed by atoms with Crippen molar-refractivity contribution >= 4 is 11.0 Å². The zero-order chi connectivity index (χ0) is 11.7. The molecule has 0 spiro atoms. The van der Waals surface area contributed by atoms with E-state index >= 15 is 0 Å². The van der Waals surface area contributed by atoms with Crippen LogP contribution in [0.15, 0.2) is 34.9 Å². The minimum atomic E-state index is 0.619. The molecule has 3 nitrogen and oxygen atoms in total. The van der Waals surface area contributed by atoms with Gasteiger partial charge in [-0.15, -0.1) is 0 Å². The lowest BCUT2D eigenvalue weighted by Gasteiger charge is -2.11. The second-order valence-electron chi connectivity index (χ2n) is 4.89. The fourth-order valence-electron chi connectivity index (χ4n) is 2.53. The van der Waals surface area contributed by atoms with Crippen molar-refractivity contribution in [1.82, 2.24) is 10.2 Å². The first kappa shape index (κ1) is 10.8. The summed E-state index contributed by atoms with van der Waals surface area (Å²) < 4.78 is 5.53. The molecule has 2 heterocycles. The van der Waals surface area contributed by atoms with Crippen LogP contribution in [0.5, 0.6) is 0 Å². The summed E-state index contributed by atoms with van der Waals surface area (Å²) in [7, 11) is 2.18. The Labute approximate surface area is 101 Å². The monoisotopic (exact) mass is 230 g/mol. The van der Waals surface area contributed by atoms with Crippen molar-refractivity contribution in [2.45, 2.75) is 19.0 Å². The minimum Gasteiger partial charge on any atom is -0.464 e. The van der Waals surface area contributed by atoms with Gasteiger partial charge in [-0.25, -0.2) is 0 Å². The molecule has 3 heteroatoms. The van der Waals surface area contributed by atoms with Crippen LogP contribution in [0.1, 0.15) is 12.0 Å². The zero-order valence-electron chi connectivity index (χ0n) is 10.1. The number of furan rings is 1. The molecule has 1 atom stereocenters. The average Bonchev–Trinajstić information content (AvgIpc) is 2.93. The van der Waals surface area contributed by atoms with Crippen LogP contribution in [0, 0.1) is 0 Å². The highest BCUT2D eigenvalue weighted by atomic mass is 16.3. The Hall–Kier alpha value is -1.32. The normalized spacial score (nSPS) is 21.4. The number of hydrogen-bond donors (Lipinski definition) is 1. The molecule has 0 saturated carbocycles. The maximum atomic E-state index is 5.53. The first-order valence-electron chi connectivity index (χ1n) is 6.20. The second kappa shape index (κ2) is 4.51. The predicted molar refractivity (Wildman–Crippen MR) is 69.0 cm³/mol. The van der Waals surface area contributed by atoms with Crippen LogP contribution in [-0.4, -0.2) is 31.1 Å². The van der Waals surface area contributed by atoms with Crippen molar-refractivity contribution in [3.05, 3.63) is 36.1 Å². The Kier molecular flexibility index (Phi) is 2.87. The van der Waals surface area contributed by atoms with Gasteiger partial charge < -0.3 is 14.6 Å². The molecule has 17 heavy (non-hydrogen) atoms. The number of benzene rings is 1. The maximum absolute atomic E-state index is 5.53. The van der Waals surface area contributed by atoms with Gasteiger partial charge in [0, 0.05) is 30.1 Å². The predicted octanol–water partition coefficient (Wildman–Crippen LogP) is 2.23. The van der Waals surface area contributed by atoms with Crippen LogP contribution in [0.4, 0.5) is 0 Å². The van der Waals surface area contributed by atoms with E-state index in [1.165, 1.54) is 23.9 Å². The van der Waals surface area contributed by atoms with E-state index in [0.717, 1.165) is 18.7 Å². The van der Waals surface area contributed by atoms with Gasteiger partial charge in [-0.1, -0.05) is 18.2 Å². The van der Waals surface area contributed by atoms with Crippen LogP contribution < -0.4 is 5.32 Å². The van der Waals surface area contributed by atoms with E-state index in [0.29, 0.717) is 6.04 Å². The molecule has 0 bridgehead atoms. The van der Waals surface area contributed by atoms with E-state index in [-0.39, 0.29) is 0 Å². The first-order chi connectivity index (χ1) is 8.33. The lowest BCUT2D eigenvalue weighted by molar-refractivity contribution is 0.397. The molecule has 2 aromatic rings. The molecule has 1 saturated heterocycles. The van der Waals surface area contributed by atoms with Crippen molar-refractivity contribution in [1.29, 1.82) is 0 Å². The third-order valence-corrected chi connectivity index (χ3v) is 3.53. The maximum Gasteiger partial charge on any atom is 0.134 e. The summed E-state index contributed by atoms with van der Waals surface area (Å²) in [6, 6.07) is 8.83. The number of hydrogen-bond acceptors (Lipinski definition) is 3. The molecule has 1 N–H and O–H groups in total. The van der Waals surface area contributed by atoms with Crippen LogP contribution in [-0.2, 0) is 6.54 Å². The van der Waals surface area contributed by atoms with E-state index in [1.807, 2.05) is 18.4 Å². The van der Waals surface area contributed by atoms with Gasteiger partial charge in [-0.05, 0) is 26.1 Å². The lowest BCUT2D eigenvalue weighted by Crippen LogP contribution is -2.30. The molecule has 0 radical (unpaired) electrons. The van der Waals surface area contributed by atoms with E-state index < -0.39 is 0 Å². The van der Waals surface area contributed by atoms with Gasteiger partial charge in [0.2, 0.25) is 0 Å².